The molecule has 0 radical (unpaired) electrons. The van der Waals surface area contributed by atoms with Crippen LogP contribution in [-0.2, 0) is 30.5 Å². The van der Waals surface area contributed by atoms with Gasteiger partial charge in [0, 0.05) is 5.75 Å². The molecule has 0 unspecified atom stereocenters. The lowest BCUT2D eigenvalue weighted by atomic mass is 10.0. The number of alkyl carbamates (subject to hydrolysis) is 1. The molecule has 0 aliphatic rings. The summed E-state index contributed by atoms with van der Waals surface area (Å²) < 4.78 is 9.83. The topological polar surface area (TPSA) is 137 Å². The van der Waals surface area contributed by atoms with Crippen molar-refractivity contribution in [3.8, 4) is 0 Å². The van der Waals surface area contributed by atoms with Crippen LogP contribution in [0.2, 0.25) is 0 Å². The second-order valence-corrected chi connectivity index (χ2v) is 7.52. The van der Waals surface area contributed by atoms with Crippen molar-refractivity contribution in [2.45, 2.75) is 32.5 Å². The molecule has 0 fully saturated rings. The number of amides is 3. The standard InChI is InChI=1S/C19H27N3O6S/c1-12(2)16(22-19(26)28-9-13-7-5-4-6-8-13)17(24)21-14(18(25)27-3)10-29-11-15(20)23/h4-8,12,14,16H,9-11H2,1-3H3,(H2,20,23)(H,21,24)(H,22,26)/t14-,16-/m0/s1. The molecule has 1 rings (SSSR count). The SMILES string of the molecule is COC(=O)[C@H](CSCC(N)=O)NC(=O)[C@@H](NC(=O)OCc1ccccc1)C(C)C. The summed E-state index contributed by atoms with van der Waals surface area (Å²) in [4.78, 5) is 47.5. The number of esters is 1. The molecule has 0 saturated carbocycles. The molecule has 3 amide bonds. The van der Waals surface area contributed by atoms with E-state index < -0.39 is 36.0 Å². The molecule has 1 aromatic rings. The first-order chi connectivity index (χ1) is 13.7. The second kappa shape index (κ2) is 12.7. The van der Waals surface area contributed by atoms with Gasteiger partial charge in [0.05, 0.1) is 12.9 Å². The third kappa shape index (κ3) is 9.33. The van der Waals surface area contributed by atoms with Crippen LogP contribution in [0.5, 0.6) is 0 Å². The Morgan fingerprint density at radius 2 is 1.76 bits per heavy atom. The summed E-state index contributed by atoms with van der Waals surface area (Å²) in [7, 11) is 1.19. The van der Waals surface area contributed by atoms with E-state index in [9.17, 15) is 19.2 Å². The maximum absolute atomic E-state index is 12.6. The number of ether oxygens (including phenoxy) is 2. The van der Waals surface area contributed by atoms with Gasteiger partial charge in [-0.3, -0.25) is 9.59 Å². The van der Waals surface area contributed by atoms with Gasteiger partial charge in [0.15, 0.2) is 0 Å². The first-order valence-corrected chi connectivity index (χ1v) is 10.1. The molecule has 0 aliphatic heterocycles. The average Bonchev–Trinajstić information content (AvgIpc) is 2.69. The van der Waals surface area contributed by atoms with E-state index in [0.29, 0.717) is 0 Å². The van der Waals surface area contributed by atoms with Gasteiger partial charge in [-0.2, -0.15) is 0 Å². The number of carbonyl (C=O) groups excluding carboxylic acids is 4. The number of thioether (sulfide) groups is 1. The Kier molecular flexibility index (Phi) is 10.6. The third-order valence-corrected chi connectivity index (χ3v) is 4.82. The van der Waals surface area contributed by atoms with E-state index in [1.165, 1.54) is 7.11 Å². The summed E-state index contributed by atoms with van der Waals surface area (Å²) >= 11 is 1.09. The Morgan fingerprint density at radius 1 is 1.10 bits per heavy atom. The minimum Gasteiger partial charge on any atom is -0.467 e. The van der Waals surface area contributed by atoms with Gasteiger partial charge in [-0.15, -0.1) is 11.8 Å². The molecule has 1 aromatic carbocycles. The molecule has 0 spiro atoms. The second-order valence-electron chi connectivity index (χ2n) is 6.49. The fourth-order valence-corrected chi connectivity index (χ4v) is 3.05. The molecule has 0 bridgehead atoms. The Labute approximate surface area is 174 Å². The number of carbonyl (C=O) groups is 4. The molecule has 29 heavy (non-hydrogen) atoms. The number of nitrogens with two attached hydrogens (primary N) is 1. The van der Waals surface area contributed by atoms with Crippen molar-refractivity contribution in [1.29, 1.82) is 0 Å². The van der Waals surface area contributed by atoms with E-state index in [-0.39, 0.29) is 24.0 Å². The van der Waals surface area contributed by atoms with Crippen LogP contribution in [0.15, 0.2) is 30.3 Å². The van der Waals surface area contributed by atoms with Crippen molar-refractivity contribution in [2.75, 3.05) is 18.6 Å². The van der Waals surface area contributed by atoms with E-state index in [4.69, 9.17) is 10.5 Å². The van der Waals surface area contributed by atoms with Gasteiger partial charge in [-0.25, -0.2) is 9.59 Å². The van der Waals surface area contributed by atoms with E-state index in [1.54, 1.807) is 13.8 Å². The lowest BCUT2D eigenvalue weighted by Crippen LogP contribution is -2.54. The summed E-state index contributed by atoms with van der Waals surface area (Å²) in [6.07, 6.45) is -0.750. The highest BCUT2D eigenvalue weighted by Crippen LogP contribution is 2.08. The molecule has 160 valence electrons. The third-order valence-electron chi connectivity index (χ3n) is 3.77. The van der Waals surface area contributed by atoms with Gasteiger partial charge in [-0.05, 0) is 11.5 Å². The molecular weight excluding hydrogens is 398 g/mol. The number of rotatable bonds is 11. The van der Waals surface area contributed by atoms with Crippen LogP contribution >= 0.6 is 11.8 Å². The predicted octanol–water partition coefficient (Wildman–Crippen LogP) is 0.814. The first kappa shape index (κ1) is 24.3. The van der Waals surface area contributed by atoms with Gasteiger partial charge in [0.1, 0.15) is 18.7 Å². The van der Waals surface area contributed by atoms with Gasteiger partial charge < -0.3 is 25.8 Å². The van der Waals surface area contributed by atoms with Gasteiger partial charge in [0.2, 0.25) is 11.8 Å². The van der Waals surface area contributed by atoms with Crippen molar-refractivity contribution >= 4 is 35.6 Å². The smallest absolute Gasteiger partial charge is 0.408 e. The van der Waals surface area contributed by atoms with Crippen LogP contribution in [-0.4, -0.2) is 54.6 Å². The van der Waals surface area contributed by atoms with Gasteiger partial charge in [0.25, 0.3) is 0 Å². The van der Waals surface area contributed by atoms with Crippen molar-refractivity contribution in [3.05, 3.63) is 35.9 Å². The number of hydrogen-bond donors (Lipinski definition) is 3. The van der Waals surface area contributed by atoms with E-state index in [1.807, 2.05) is 30.3 Å². The Hall–Kier alpha value is -2.75. The van der Waals surface area contributed by atoms with Crippen molar-refractivity contribution in [1.82, 2.24) is 10.6 Å². The van der Waals surface area contributed by atoms with Crippen molar-refractivity contribution in [2.24, 2.45) is 11.7 Å². The van der Waals surface area contributed by atoms with Crippen LogP contribution in [0.1, 0.15) is 19.4 Å². The fraction of sp³-hybridized carbons (Fsp3) is 0.474. The molecular formula is C19H27N3O6S. The Balaban J connectivity index is 2.66. The first-order valence-electron chi connectivity index (χ1n) is 8.96. The molecule has 9 nitrogen and oxygen atoms in total. The highest BCUT2D eigenvalue weighted by Gasteiger charge is 2.29. The van der Waals surface area contributed by atoms with Crippen LogP contribution in [0.25, 0.3) is 0 Å². The molecule has 0 heterocycles. The molecule has 2 atom stereocenters. The summed E-state index contributed by atoms with van der Waals surface area (Å²) in [6.45, 7) is 3.56. The monoisotopic (exact) mass is 425 g/mol. The average molecular weight is 426 g/mol. The quantitative estimate of drug-likeness (QED) is 0.446. The van der Waals surface area contributed by atoms with Crippen LogP contribution in [0.4, 0.5) is 4.79 Å². The Bertz CT molecular complexity index is 698. The highest BCUT2D eigenvalue weighted by molar-refractivity contribution is 8.00. The summed E-state index contributed by atoms with van der Waals surface area (Å²) in [5, 5.41) is 5.06. The van der Waals surface area contributed by atoms with Gasteiger partial charge in [-0.1, -0.05) is 44.2 Å². The van der Waals surface area contributed by atoms with Gasteiger partial charge >= 0.3 is 12.1 Å². The van der Waals surface area contributed by atoms with Crippen LogP contribution in [0, 0.1) is 5.92 Å². The van der Waals surface area contributed by atoms with E-state index in [0.717, 1.165) is 17.3 Å². The number of benzene rings is 1. The van der Waals surface area contributed by atoms with Crippen molar-refractivity contribution < 1.29 is 28.7 Å². The minimum absolute atomic E-state index is 0.00103. The molecule has 0 aliphatic carbocycles. The summed E-state index contributed by atoms with van der Waals surface area (Å²) in [6, 6.07) is 7.21. The number of nitrogens with one attached hydrogen (secondary N) is 2. The lowest BCUT2D eigenvalue weighted by molar-refractivity contribution is -0.144. The lowest BCUT2D eigenvalue weighted by Gasteiger charge is -2.24. The predicted molar refractivity (Wildman–Crippen MR) is 109 cm³/mol. The fourth-order valence-electron chi connectivity index (χ4n) is 2.28. The molecule has 0 aromatic heterocycles. The zero-order chi connectivity index (χ0) is 21.8. The number of hydrogen-bond acceptors (Lipinski definition) is 7. The zero-order valence-corrected chi connectivity index (χ0v) is 17.5. The molecule has 0 saturated heterocycles. The van der Waals surface area contributed by atoms with E-state index in [2.05, 4.69) is 15.4 Å². The maximum atomic E-state index is 12.6. The number of methoxy groups -OCH3 is 1. The zero-order valence-electron chi connectivity index (χ0n) is 16.7. The highest BCUT2D eigenvalue weighted by atomic mass is 32.2. The largest absolute Gasteiger partial charge is 0.467 e. The number of primary amides is 1. The normalized spacial score (nSPS) is 12.6. The molecule has 10 heteroatoms. The minimum atomic E-state index is -0.986. The molecule has 4 N–H and O–H groups in total. The maximum Gasteiger partial charge on any atom is 0.408 e. The van der Waals surface area contributed by atoms with E-state index >= 15 is 0 Å². The van der Waals surface area contributed by atoms with Crippen LogP contribution < -0.4 is 16.4 Å². The summed E-state index contributed by atoms with van der Waals surface area (Å²) in [5.74, 6) is -1.93. The van der Waals surface area contributed by atoms with Crippen molar-refractivity contribution in [3.63, 3.8) is 0 Å². The summed E-state index contributed by atoms with van der Waals surface area (Å²) in [5.41, 5.74) is 5.89. The van der Waals surface area contributed by atoms with Crippen LogP contribution in [0.3, 0.4) is 0 Å². The Morgan fingerprint density at radius 3 is 2.31 bits per heavy atom.